The van der Waals surface area contributed by atoms with Gasteiger partial charge in [-0.05, 0) is 47.9 Å². The van der Waals surface area contributed by atoms with Gasteiger partial charge in [-0.25, -0.2) is 4.79 Å². The number of methoxy groups -OCH3 is 1. The van der Waals surface area contributed by atoms with Crippen LogP contribution in [0.25, 0.3) is 22.3 Å². The van der Waals surface area contributed by atoms with Gasteiger partial charge in [0, 0.05) is 5.56 Å². The summed E-state index contributed by atoms with van der Waals surface area (Å²) in [7, 11) is 1.61. The Bertz CT molecular complexity index is 987. The molecule has 27 heavy (non-hydrogen) atoms. The number of nitriles is 1. The molecule has 0 amide bonds. The van der Waals surface area contributed by atoms with Crippen LogP contribution in [-0.4, -0.2) is 19.7 Å². The molecule has 0 N–H and O–H groups in total. The molecule has 0 radical (unpaired) electrons. The fraction of sp³-hybridized carbons (Fsp3) is 0.130. The summed E-state index contributed by atoms with van der Waals surface area (Å²) in [5.74, 6) is 0.253. The molecule has 134 valence electrons. The summed E-state index contributed by atoms with van der Waals surface area (Å²) >= 11 is 0. The molecule has 0 saturated heterocycles. The molecule has 0 bridgehead atoms. The Balaban J connectivity index is 2.23. The van der Waals surface area contributed by atoms with E-state index in [4.69, 9.17) is 9.47 Å². The Morgan fingerprint density at radius 2 is 1.67 bits per heavy atom. The summed E-state index contributed by atoms with van der Waals surface area (Å²) in [6.45, 7) is 1.99. The van der Waals surface area contributed by atoms with E-state index in [-0.39, 0.29) is 12.2 Å². The first-order valence-corrected chi connectivity index (χ1v) is 8.63. The Kier molecular flexibility index (Phi) is 5.53. The Morgan fingerprint density at radius 3 is 2.26 bits per heavy atom. The van der Waals surface area contributed by atoms with Crippen LogP contribution in [0.3, 0.4) is 0 Å². The second-order valence-electron chi connectivity index (χ2n) is 5.87. The first kappa shape index (κ1) is 18.2. The zero-order valence-electron chi connectivity index (χ0n) is 15.2. The third-order valence-corrected chi connectivity index (χ3v) is 4.25. The SMILES string of the molecule is CCOC(=O)c1cc(-c2ccc(OC)cc2)cc(-c2ccccc2)c1C#N. The molecule has 3 rings (SSSR count). The molecule has 0 heterocycles. The van der Waals surface area contributed by atoms with E-state index >= 15 is 0 Å². The van der Waals surface area contributed by atoms with Gasteiger partial charge in [0.25, 0.3) is 0 Å². The van der Waals surface area contributed by atoms with Crippen LogP contribution in [0.5, 0.6) is 5.75 Å². The second kappa shape index (κ2) is 8.20. The van der Waals surface area contributed by atoms with Crippen LogP contribution < -0.4 is 4.74 Å². The van der Waals surface area contributed by atoms with E-state index in [1.165, 1.54) is 0 Å². The predicted molar refractivity (Wildman–Crippen MR) is 105 cm³/mol. The topological polar surface area (TPSA) is 59.3 Å². The zero-order chi connectivity index (χ0) is 19.2. The van der Waals surface area contributed by atoms with E-state index in [0.29, 0.717) is 11.1 Å². The lowest BCUT2D eigenvalue weighted by Gasteiger charge is -2.13. The minimum absolute atomic E-state index is 0.247. The second-order valence-corrected chi connectivity index (χ2v) is 5.87. The molecule has 3 aromatic carbocycles. The number of hydrogen-bond donors (Lipinski definition) is 0. The van der Waals surface area contributed by atoms with Crippen LogP contribution >= 0.6 is 0 Å². The van der Waals surface area contributed by atoms with Crippen molar-refractivity contribution in [2.24, 2.45) is 0 Å². The van der Waals surface area contributed by atoms with E-state index < -0.39 is 5.97 Å². The van der Waals surface area contributed by atoms with Gasteiger partial charge >= 0.3 is 5.97 Å². The standard InChI is InChI=1S/C23H19NO3/c1-3-27-23(25)21-14-18(16-9-11-19(26-2)12-10-16)13-20(22(21)15-24)17-7-5-4-6-8-17/h4-14H,3H2,1-2H3. The third kappa shape index (κ3) is 3.83. The number of rotatable bonds is 5. The lowest BCUT2D eigenvalue weighted by atomic mass is 9.91. The average molecular weight is 357 g/mol. The smallest absolute Gasteiger partial charge is 0.339 e. The summed E-state index contributed by atoms with van der Waals surface area (Å²) in [5, 5.41) is 9.73. The van der Waals surface area contributed by atoms with Gasteiger partial charge in [0.2, 0.25) is 0 Å². The third-order valence-electron chi connectivity index (χ3n) is 4.25. The normalized spacial score (nSPS) is 10.1. The van der Waals surface area contributed by atoms with E-state index in [1.54, 1.807) is 20.1 Å². The van der Waals surface area contributed by atoms with Crippen LogP contribution in [0.1, 0.15) is 22.8 Å². The van der Waals surface area contributed by atoms with Crippen molar-refractivity contribution in [1.82, 2.24) is 0 Å². The molecule has 0 atom stereocenters. The Labute approximate surface area is 158 Å². The van der Waals surface area contributed by atoms with Crippen molar-refractivity contribution in [1.29, 1.82) is 5.26 Å². The van der Waals surface area contributed by atoms with Gasteiger partial charge in [-0.3, -0.25) is 0 Å². The van der Waals surface area contributed by atoms with Crippen LogP contribution in [0, 0.1) is 11.3 Å². The number of nitrogens with zero attached hydrogens (tertiary/aromatic N) is 1. The van der Waals surface area contributed by atoms with E-state index in [9.17, 15) is 10.1 Å². The van der Waals surface area contributed by atoms with Gasteiger partial charge in [0.1, 0.15) is 11.8 Å². The molecule has 4 heteroatoms. The lowest BCUT2D eigenvalue weighted by molar-refractivity contribution is 0.0526. The lowest BCUT2D eigenvalue weighted by Crippen LogP contribution is -2.08. The van der Waals surface area contributed by atoms with Crippen molar-refractivity contribution in [3.05, 3.63) is 77.9 Å². The van der Waals surface area contributed by atoms with Gasteiger partial charge in [-0.15, -0.1) is 0 Å². The summed E-state index contributed by atoms with van der Waals surface area (Å²) < 4.78 is 10.4. The molecule has 0 aliphatic heterocycles. The summed E-state index contributed by atoms with van der Waals surface area (Å²) in [5.41, 5.74) is 3.91. The Morgan fingerprint density at radius 1 is 0.963 bits per heavy atom. The van der Waals surface area contributed by atoms with Gasteiger partial charge in [0.15, 0.2) is 0 Å². The molecule has 0 fully saturated rings. The minimum atomic E-state index is -0.499. The summed E-state index contributed by atoms with van der Waals surface area (Å²) in [6.07, 6.45) is 0. The summed E-state index contributed by atoms with van der Waals surface area (Å²) in [6, 6.07) is 22.9. The molecule has 0 aliphatic carbocycles. The number of carbonyl (C=O) groups is 1. The highest BCUT2D eigenvalue weighted by atomic mass is 16.5. The largest absolute Gasteiger partial charge is 0.497 e. The maximum absolute atomic E-state index is 12.5. The van der Waals surface area contributed by atoms with E-state index in [1.807, 2.05) is 60.7 Å². The highest BCUT2D eigenvalue weighted by molar-refractivity contribution is 5.97. The molecular formula is C23H19NO3. The van der Waals surface area contributed by atoms with Crippen LogP contribution in [-0.2, 0) is 4.74 Å². The molecular weight excluding hydrogens is 338 g/mol. The molecule has 0 aromatic heterocycles. The van der Waals surface area contributed by atoms with Gasteiger partial charge in [-0.1, -0.05) is 42.5 Å². The fourth-order valence-corrected chi connectivity index (χ4v) is 2.93. The molecule has 0 spiro atoms. The van der Waals surface area contributed by atoms with Crippen molar-refractivity contribution in [3.63, 3.8) is 0 Å². The van der Waals surface area contributed by atoms with Crippen LogP contribution in [0.4, 0.5) is 0 Å². The predicted octanol–water partition coefficient (Wildman–Crippen LogP) is 5.08. The molecule has 0 unspecified atom stereocenters. The van der Waals surface area contributed by atoms with E-state index in [0.717, 1.165) is 22.4 Å². The van der Waals surface area contributed by atoms with E-state index in [2.05, 4.69) is 6.07 Å². The van der Waals surface area contributed by atoms with Crippen molar-refractivity contribution >= 4 is 5.97 Å². The van der Waals surface area contributed by atoms with Crippen molar-refractivity contribution in [2.75, 3.05) is 13.7 Å². The first-order valence-electron chi connectivity index (χ1n) is 8.63. The van der Waals surface area contributed by atoms with Crippen molar-refractivity contribution in [3.8, 4) is 34.1 Å². The summed E-state index contributed by atoms with van der Waals surface area (Å²) in [4.78, 5) is 12.5. The number of carbonyl (C=O) groups excluding carboxylic acids is 1. The number of benzene rings is 3. The maximum atomic E-state index is 12.5. The van der Waals surface area contributed by atoms with Crippen LogP contribution in [0.15, 0.2) is 66.7 Å². The monoisotopic (exact) mass is 357 g/mol. The highest BCUT2D eigenvalue weighted by Crippen LogP contribution is 2.33. The minimum Gasteiger partial charge on any atom is -0.497 e. The maximum Gasteiger partial charge on any atom is 0.339 e. The van der Waals surface area contributed by atoms with Crippen LogP contribution in [0.2, 0.25) is 0 Å². The van der Waals surface area contributed by atoms with Crippen molar-refractivity contribution < 1.29 is 14.3 Å². The van der Waals surface area contributed by atoms with Gasteiger partial charge < -0.3 is 9.47 Å². The molecule has 4 nitrogen and oxygen atoms in total. The quantitative estimate of drug-likeness (QED) is 0.598. The molecule has 3 aromatic rings. The van der Waals surface area contributed by atoms with Gasteiger partial charge in [0.05, 0.1) is 24.8 Å². The number of esters is 1. The number of ether oxygens (including phenoxy) is 2. The Hall–Kier alpha value is -3.58. The molecule has 0 aliphatic rings. The number of hydrogen-bond acceptors (Lipinski definition) is 4. The van der Waals surface area contributed by atoms with Gasteiger partial charge in [-0.2, -0.15) is 5.26 Å². The highest BCUT2D eigenvalue weighted by Gasteiger charge is 2.19. The first-order chi connectivity index (χ1) is 13.2. The average Bonchev–Trinajstić information content (AvgIpc) is 2.73. The van der Waals surface area contributed by atoms with Crippen molar-refractivity contribution in [2.45, 2.75) is 6.92 Å². The fourth-order valence-electron chi connectivity index (χ4n) is 2.93. The molecule has 0 saturated carbocycles. The zero-order valence-corrected chi connectivity index (χ0v) is 15.2.